The molecule has 0 bridgehead atoms. The number of hydrogen-bond donors (Lipinski definition) is 1. The molecule has 3 fully saturated rings. The molecule has 154 valence electrons. The molecular weight excluding hydrogens is 370 g/mol. The number of aryl methyl sites for hydroxylation is 1. The van der Waals surface area contributed by atoms with Gasteiger partial charge in [-0.15, -0.1) is 0 Å². The van der Waals surface area contributed by atoms with Crippen molar-refractivity contribution in [2.24, 2.45) is 7.05 Å². The first-order chi connectivity index (χ1) is 14.1. The maximum Gasteiger partial charge on any atom is 0.320 e. The summed E-state index contributed by atoms with van der Waals surface area (Å²) in [4.78, 5) is 28.4. The SMILES string of the molecule is Cn1ncc2cc(C3CCN(C(=O)N4CCC5OCC(=O)NC5C4)CC3)ccc21. The molecule has 3 amide bonds. The fraction of sp³-hybridized carbons (Fsp3) is 0.571. The number of amides is 3. The van der Waals surface area contributed by atoms with E-state index in [2.05, 4.69) is 28.6 Å². The van der Waals surface area contributed by atoms with Crippen molar-refractivity contribution < 1.29 is 14.3 Å². The molecule has 8 nitrogen and oxygen atoms in total. The van der Waals surface area contributed by atoms with Gasteiger partial charge in [-0.25, -0.2) is 4.79 Å². The molecule has 2 unspecified atom stereocenters. The minimum atomic E-state index is -0.0908. The third-order valence-corrected chi connectivity index (χ3v) is 6.60. The van der Waals surface area contributed by atoms with Crippen molar-refractivity contribution in [3.63, 3.8) is 0 Å². The lowest BCUT2D eigenvalue weighted by molar-refractivity contribution is -0.139. The minimum absolute atomic E-state index is 0.0323. The number of likely N-dealkylation sites (tertiary alicyclic amines) is 2. The first-order valence-corrected chi connectivity index (χ1v) is 10.4. The summed E-state index contributed by atoms with van der Waals surface area (Å²) in [5.41, 5.74) is 2.48. The Bertz CT molecular complexity index is 934. The number of hydrogen-bond acceptors (Lipinski definition) is 4. The van der Waals surface area contributed by atoms with Gasteiger partial charge in [0.05, 0.1) is 23.9 Å². The van der Waals surface area contributed by atoms with Crippen LogP contribution in [-0.2, 0) is 16.6 Å². The van der Waals surface area contributed by atoms with E-state index in [4.69, 9.17) is 4.74 Å². The van der Waals surface area contributed by atoms with Gasteiger partial charge in [-0.2, -0.15) is 5.10 Å². The number of piperidine rings is 2. The number of carbonyl (C=O) groups is 2. The summed E-state index contributed by atoms with van der Waals surface area (Å²) in [6.07, 6.45) is 4.66. The van der Waals surface area contributed by atoms with E-state index in [1.165, 1.54) is 10.9 Å². The lowest BCUT2D eigenvalue weighted by Gasteiger charge is -2.43. The fourth-order valence-corrected chi connectivity index (χ4v) is 4.91. The third-order valence-electron chi connectivity index (χ3n) is 6.60. The Morgan fingerprint density at radius 3 is 2.79 bits per heavy atom. The van der Waals surface area contributed by atoms with Gasteiger partial charge in [-0.3, -0.25) is 9.48 Å². The Balaban J connectivity index is 1.20. The quantitative estimate of drug-likeness (QED) is 0.790. The highest BCUT2D eigenvalue weighted by Crippen LogP contribution is 2.31. The molecule has 4 heterocycles. The van der Waals surface area contributed by atoms with Crippen LogP contribution < -0.4 is 5.32 Å². The number of nitrogens with zero attached hydrogens (tertiary/aromatic N) is 4. The predicted octanol–water partition coefficient (Wildman–Crippen LogP) is 1.46. The first-order valence-electron chi connectivity index (χ1n) is 10.4. The number of aromatic nitrogens is 2. The largest absolute Gasteiger partial charge is 0.366 e. The summed E-state index contributed by atoms with van der Waals surface area (Å²) in [6, 6.07) is 6.57. The molecule has 0 spiro atoms. The molecule has 0 radical (unpaired) electrons. The first kappa shape index (κ1) is 18.4. The molecule has 1 N–H and O–H groups in total. The molecule has 3 aliphatic rings. The zero-order chi connectivity index (χ0) is 20.0. The van der Waals surface area contributed by atoms with Crippen molar-refractivity contribution in [1.29, 1.82) is 0 Å². The van der Waals surface area contributed by atoms with Crippen LogP contribution in [0.3, 0.4) is 0 Å². The molecule has 8 heteroatoms. The Morgan fingerprint density at radius 2 is 1.97 bits per heavy atom. The zero-order valence-corrected chi connectivity index (χ0v) is 16.7. The average Bonchev–Trinajstić information content (AvgIpc) is 3.13. The minimum Gasteiger partial charge on any atom is -0.366 e. The second-order valence-electron chi connectivity index (χ2n) is 8.39. The van der Waals surface area contributed by atoms with Gasteiger partial charge in [0.25, 0.3) is 0 Å². The Hall–Kier alpha value is -2.61. The molecule has 3 saturated heterocycles. The van der Waals surface area contributed by atoms with Crippen LogP contribution in [0.1, 0.15) is 30.7 Å². The maximum absolute atomic E-state index is 13.0. The standard InChI is InChI=1S/C21H27N5O3/c1-24-18-3-2-15(10-16(18)11-22-24)14-4-7-25(8-5-14)21(28)26-9-6-19-17(12-26)23-20(27)13-29-19/h2-3,10-11,14,17,19H,4-9,12-13H2,1H3,(H,23,27). The third kappa shape index (κ3) is 3.46. The van der Waals surface area contributed by atoms with Crippen molar-refractivity contribution in [1.82, 2.24) is 24.9 Å². The van der Waals surface area contributed by atoms with E-state index in [9.17, 15) is 9.59 Å². The molecule has 2 aromatic rings. The number of morpholine rings is 1. The highest BCUT2D eigenvalue weighted by atomic mass is 16.5. The topological polar surface area (TPSA) is 79.7 Å². The van der Waals surface area contributed by atoms with Crippen LogP contribution in [0.5, 0.6) is 0 Å². The summed E-state index contributed by atoms with van der Waals surface area (Å²) >= 11 is 0. The molecule has 29 heavy (non-hydrogen) atoms. The molecule has 2 atom stereocenters. The van der Waals surface area contributed by atoms with Gasteiger partial charge in [0.15, 0.2) is 0 Å². The lowest BCUT2D eigenvalue weighted by atomic mass is 9.89. The van der Waals surface area contributed by atoms with Gasteiger partial charge in [0.2, 0.25) is 5.91 Å². The number of fused-ring (bicyclic) bond motifs is 2. The van der Waals surface area contributed by atoms with Crippen LogP contribution in [0.2, 0.25) is 0 Å². The molecule has 0 aliphatic carbocycles. The van der Waals surface area contributed by atoms with Crippen molar-refractivity contribution in [3.8, 4) is 0 Å². The monoisotopic (exact) mass is 397 g/mol. The summed E-state index contributed by atoms with van der Waals surface area (Å²) in [5, 5.41) is 8.46. The van der Waals surface area contributed by atoms with E-state index in [0.717, 1.165) is 37.9 Å². The second kappa shape index (κ2) is 7.33. The maximum atomic E-state index is 13.0. The molecule has 1 aromatic heterocycles. The molecule has 1 aromatic carbocycles. The number of urea groups is 1. The van der Waals surface area contributed by atoms with Crippen molar-refractivity contribution in [2.45, 2.75) is 37.3 Å². The van der Waals surface area contributed by atoms with E-state index in [1.807, 2.05) is 27.7 Å². The highest BCUT2D eigenvalue weighted by Gasteiger charge is 2.38. The van der Waals surface area contributed by atoms with Crippen LogP contribution in [0.15, 0.2) is 24.4 Å². The summed E-state index contributed by atoms with van der Waals surface area (Å²) in [6.45, 7) is 2.89. The predicted molar refractivity (Wildman–Crippen MR) is 108 cm³/mol. The van der Waals surface area contributed by atoms with E-state index in [1.54, 1.807) is 0 Å². The van der Waals surface area contributed by atoms with E-state index in [-0.39, 0.29) is 30.7 Å². The van der Waals surface area contributed by atoms with Crippen molar-refractivity contribution in [3.05, 3.63) is 30.0 Å². The summed E-state index contributed by atoms with van der Waals surface area (Å²) < 4.78 is 7.49. The Kier molecular flexibility index (Phi) is 4.66. The Morgan fingerprint density at radius 1 is 1.17 bits per heavy atom. The number of rotatable bonds is 1. The number of carbonyl (C=O) groups excluding carboxylic acids is 2. The van der Waals surface area contributed by atoms with Crippen LogP contribution in [0, 0.1) is 0 Å². The van der Waals surface area contributed by atoms with Gasteiger partial charge >= 0.3 is 6.03 Å². The van der Waals surface area contributed by atoms with Gasteiger partial charge in [-0.05, 0) is 42.9 Å². The summed E-state index contributed by atoms with van der Waals surface area (Å²) in [5.74, 6) is 0.382. The second-order valence-corrected chi connectivity index (χ2v) is 8.39. The summed E-state index contributed by atoms with van der Waals surface area (Å²) in [7, 11) is 1.96. The van der Waals surface area contributed by atoms with Gasteiger partial charge in [-0.1, -0.05) is 6.07 Å². The molecular formula is C21H27N5O3. The number of ether oxygens (including phenoxy) is 1. The van der Waals surface area contributed by atoms with Crippen molar-refractivity contribution in [2.75, 3.05) is 32.8 Å². The Labute approximate surface area is 169 Å². The smallest absolute Gasteiger partial charge is 0.320 e. The molecule has 3 aliphatic heterocycles. The van der Waals surface area contributed by atoms with Gasteiger partial charge in [0.1, 0.15) is 6.61 Å². The van der Waals surface area contributed by atoms with Gasteiger partial charge < -0.3 is 19.9 Å². The number of nitrogens with one attached hydrogen (secondary N) is 1. The van der Waals surface area contributed by atoms with Crippen LogP contribution in [-0.4, -0.2) is 76.5 Å². The highest BCUT2D eigenvalue weighted by molar-refractivity contribution is 5.80. The van der Waals surface area contributed by atoms with Crippen molar-refractivity contribution >= 4 is 22.8 Å². The van der Waals surface area contributed by atoms with Gasteiger partial charge in [0, 0.05) is 38.6 Å². The van der Waals surface area contributed by atoms with Crippen LogP contribution >= 0.6 is 0 Å². The van der Waals surface area contributed by atoms with Crippen LogP contribution in [0.25, 0.3) is 10.9 Å². The van der Waals surface area contributed by atoms with Crippen LogP contribution in [0.4, 0.5) is 4.79 Å². The van der Waals surface area contributed by atoms with E-state index in [0.29, 0.717) is 19.0 Å². The van der Waals surface area contributed by atoms with E-state index < -0.39 is 0 Å². The zero-order valence-electron chi connectivity index (χ0n) is 16.7. The number of benzene rings is 1. The molecule has 5 rings (SSSR count). The fourth-order valence-electron chi connectivity index (χ4n) is 4.91. The lowest BCUT2D eigenvalue weighted by Crippen LogP contribution is -2.62. The van der Waals surface area contributed by atoms with E-state index >= 15 is 0 Å². The normalized spacial score (nSPS) is 25.8. The average molecular weight is 397 g/mol. The molecule has 0 saturated carbocycles.